The predicted octanol–water partition coefficient (Wildman–Crippen LogP) is 21.2. The molecular weight excluding hydrogens is 1970 g/mol. The van der Waals surface area contributed by atoms with Crippen LogP contribution >= 0.6 is 0 Å². The summed E-state index contributed by atoms with van der Waals surface area (Å²) >= 11 is 0. The molecule has 0 bridgehead atoms. The van der Waals surface area contributed by atoms with Crippen LogP contribution in [0, 0.1) is 68.6 Å². The van der Waals surface area contributed by atoms with Gasteiger partial charge in [-0.15, -0.1) is 0 Å². The second-order valence-corrected chi connectivity index (χ2v) is 42.0. The van der Waals surface area contributed by atoms with Crippen LogP contribution in [0.25, 0.3) is 0 Å². The molecule has 0 fully saturated rings. The van der Waals surface area contributed by atoms with Gasteiger partial charge in [0.25, 0.3) is 0 Å². The number of hydrogen-bond acceptors (Lipinski definition) is 24. The van der Waals surface area contributed by atoms with Crippen LogP contribution in [-0.2, 0) is 111 Å². The van der Waals surface area contributed by atoms with E-state index in [4.69, 9.17) is 56.8 Å². The van der Waals surface area contributed by atoms with Crippen LogP contribution in [0.1, 0.15) is 163 Å². The highest BCUT2D eigenvalue weighted by atomic mass is 32.2. The van der Waals surface area contributed by atoms with Crippen LogP contribution in [-0.4, -0.2) is 157 Å². The van der Waals surface area contributed by atoms with E-state index in [1.54, 1.807) is 154 Å². The quantitative estimate of drug-likeness (QED) is 0.0320. The minimum absolute atomic E-state index is 0. The van der Waals surface area contributed by atoms with Crippen molar-refractivity contribution in [3.05, 3.63) is 379 Å². The zero-order valence-electron chi connectivity index (χ0n) is 82.6. The standard InChI is InChI=1S/4C27H29FN2O5S.3CH4/c4*1-19(27(35-4)26-14-9-23(28)15-22(26)16-29)36(31,32)30(17-20-5-10-24(33-2)11-6-20)18-21-7-12-25(34-3)13-8-21;;;/h4*5-15,19,27H,17-18H2,1-4H3;3*1H4/t2*19-,27+;2*19-,27-;;;/m1010.../s1. The van der Waals surface area contributed by atoms with Crippen molar-refractivity contribution in [3.8, 4) is 70.3 Å². The van der Waals surface area contributed by atoms with Gasteiger partial charge in [-0.1, -0.05) is 144 Å². The third kappa shape index (κ3) is 32.6. The van der Waals surface area contributed by atoms with Crippen molar-refractivity contribution in [1.82, 2.24) is 17.2 Å². The topological polar surface area (TPSA) is 355 Å². The number of nitrogens with zero attached hydrogens (tertiary/aromatic N) is 8. The minimum atomic E-state index is -3.98. The Morgan fingerprint density at radius 3 is 0.449 bits per heavy atom. The Kier molecular flexibility index (Phi) is 48.0. The molecule has 0 heterocycles. The first-order valence-electron chi connectivity index (χ1n) is 44.8. The zero-order valence-corrected chi connectivity index (χ0v) is 85.8. The van der Waals surface area contributed by atoms with Crippen molar-refractivity contribution in [3.63, 3.8) is 0 Å². The molecule has 147 heavy (non-hydrogen) atoms. The maximum atomic E-state index is 14.0. The second-order valence-electron chi connectivity index (χ2n) is 32.9. The molecule has 0 unspecified atom stereocenters. The number of nitriles is 4. The molecule has 784 valence electrons. The Balaban J connectivity index is 0.000000297. The van der Waals surface area contributed by atoms with Crippen molar-refractivity contribution in [2.45, 2.75) is 148 Å². The van der Waals surface area contributed by atoms with Gasteiger partial charge >= 0.3 is 0 Å². The van der Waals surface area contributed by atoms with E-state index in [0.717, 1.165) is 68.8 Å². The van der Waals surface area contributed by atoms with Crippen molar-refractivity contribution in [1.29, 1.82) is 21.0 Å². The fourth-order valence-electron chi connectivity index (χ4n) is 15.8. The molecular formula is C111H128F4N8O20S4. The van der Waals surface area contributed by atoms with E-state index < -0.39 is 109 Å². The number of ether oxygens (including phenoxy) is 12. The third-order valence-electron chi connectivity index (χ3n) is 24.0. The van der Waals surface area contributed by atoms with Gasteiger partial charge in [-0.2, -0.15) is 38.3 Å². The third-order valence-corrected chi connectivity index (χ3v) is 32.6. The first-order valence-corrected chi connectivity index (χ1v) is 50.8. The van der Waals surface area contributed by atoms with Gasteiger partial charge < -0.3 is 56.8 Å². The molecule has 0 aliphatic carbocycles. The number of methoxy groups -OCH3 is 12. The molecule has 0 saturated carbocycles. The lowest BCUT2D eigenvalue weighted by atomic mass is 10.0. The normalized spacial score (nSPS) is 12.9. The predicted molar refractivity (Wildman–Crippen MR) is 558 cm³/mol. The van der Waals surface area contributed by atoms with E-state index in [9.17, 15) is 72.3 Å². The fraction of sp³-hybridized carbons (Fsp3) is 0.315. The van der Waals surface area contributed by atoms with E-state index in [2.05, 4.69) is 0 Å². The molecule has 12 aromatic rings. The van der Waals surface area contributed by atoms with Gasteiger partial charge in [0.1, 0.15) is 115 Å². The molecule has 0 aliphatic heterocycles. The van der Waals surface area contributed by atoms with Crippen molar-refractivity contribution in [2.24, 2.45) is 0 Å². The Morgan fingerprint density at radius 2 is 0.347 bits per heavy atom. The molecule has 28 nitrogen and oxygen atoms in total. The lowest BCUT2D eigenvalue weighted by Gasteiger charge is -2.30. The van der Waals surface area contributed by atoms with Gasteiger partial charge in [0, 0.05) is 103 Å². The van der Waals surface area contributed by atoms with Crippen LogP contribution in [0.15, 0.2) is 267 Å². The van der Waals surface area contributed by atoms with Gasteiger partial charge in [0.05, 0.1) is 103 Å². The summed E-state index contributed by atoms with van der Waals surface area (Å²) in [6, 6.07) is 79.6. The van der Waals surface area contributed by atoms with E-state index in [1.807, 2.05) is 121 Å². The molecule has 36 heteroatoms. The number of halogens is 4. The summed E-state index contributed by atoms with van der Waals surface area (Å²) in [5.41, 5.74) is 7.53. The zero-order chi connectivity index (χ0) is 105. The van der Waals surface area contributed by atoms with Crippen LogP contribution in [0.5, 0.6) is 46.0 Å². The summed E-state index contributed by atoms with van der Waals surface area (Å²) in [5, 5.41) is 33.7. The van der Waals surface area contributed by atoms with Crippen LogP contribution < -0.4 is 37.9 Å². The second kappa shape index (κ2) is 57.9. The van der Waals surface area contributed by atoms with E-state index in [-0.39, 0.29) is 96.9 Å². The largest absolute Gasteiger partial charge is 0.497 e. The highest BCUT2D eigenvalue weighted by Gasteiger charge is 2.42. The molecule has 12 rings (SSSR count). The summed E-state index contributed by atoms with van der Waals surface area (Å²) in [5.74, 6) is 2.98. The lowest BCUT2D eigenvalue weighted by molar-refractivity contribution is 0.1000. The molecule has 0 spiro atoms. The molecule has 0 aliphatic rings. The summed E-state index contributed by atoms with van der Waals surface area (Å²) in [4.78, 5) is 0. The Labute approximate surface area is 863 Å². The highest BCUT2D eigenvalue weighted by molar-refractivity contribution is 7.90. The number of benzene rings is 12. The van der Waals surface area contributed by atoms with E-state index in [0.29, 0.717) is 68.2 Å². The number of sulfonamides is 4. The van der Waals surface area contributed by atoms with Gasteiger partial charge in [0.15, 0.2) is 0 Å². The smallest absolute Gasteiger partial charge is 0.220 e. The van der Waals surface area contributed by atoms with Crippen LogP contribution in [0.4, 0.5) is 17.6 Å². The molecule has 0 aromatic heterocycles. The molecule has 0 amide bonds. The van der Waals surface area contributed by atoms with Gasteiger partial charge in [-0.3, -0.25) is 0 Å². The SMILES string of the molecule is C.C.C.COc1ccc(CN(Cc2ccc(OC)cc2)S(=O)(=O)[C@@H](C)[C@@H](OC)c2ccc(F)cc2C#N)cc1.COc1ccc(CN(Cc2ccc(OC)cc2)S(=O)(=O)[C@@H](C)[C@H](OC)c2ccc(F)cc2C#N)cc1.COc1ccc(CN(Cc2ccc(OC)cc2)S(=O)(=O)[C@H](C)[C@@H](OC)c2ccc(F)cc2C#N)cc1.COc1ccc(CN(Cc2ccc(OC)cc2)S(=O)(=O)[C@H](C)[C@H](OC)c2ccc(F)cc2C#N)cc1. The maximum Gasteiger partial charge on any atom is 0.220 e. The monoisotopic (exact) mass is 2100 g/mol. The van der Waals surface area contributed by atoms with Gasteiger partial charge in [-0.25, -0.2) is 51.2 Å². The van der Waals surface area contributed by atoms with Crippen LogP contribution in [0.3, 0.4) is 0 Å². The Hall–Kier alpha value is -13.8. The van der Waals surface area contributed by atoms with Crippen molar-refractivity contribution < 1.29 is 108 Å². The average molecular weight is 2100 g/mol. The lowest BCUT2D eigenvalue weighted by Crippen LogP contribution is -2.40. The highest BCUT2D eigenvalue weighted by Crippen LogP contribution is 2.39. The van der Waals surface area contributed by atoms with E-state index >= 15 is 0 Å². The number of hydrogen-bond donors (Lipinski definition) is 0. The Morgan fingerprint density at radius 1 is 0.224 bits per heavy atom. The first kappa shape index (κ1) is 122. The summed E-state index contributed by atoms with van der Waals surface area (Å²) in [6.45, 7) is 6.96. The summed E-state index contributed by atoms with van der Waals surface area (Å²) in [6.07, 6.45) is -3.95. The Bertz CT molecular complexity index is 5850. The van der Waals surface area contributed by atoms with E-state index in [1.165, 1.54) is 122 Å². The molecule has 0 N–H and O–H groups in total. The molecule has 0 saturated heterocycles. The van der Waals surface area contributed by atoms with Gasteiger partial charge in [-0.05, 0) is 218 Å². The first-order chi connectivity index (χ1) is 68.9. The number of rotatable bonds is 44. The molecule has 12 aromatic carbocycles. The maximum absolute atomic E-state index is 14.0. The van der Waals surface area contributed by atoms with Crippen LogP contribution in [0.2, 0.25) is 0 Å². The van der Waals surface area contributed by atoms with Gasteiger partial charge in [0.2, 0.25) is 40.1 Å². The minimum Gasteiger partial charge on any atom is -0.497 e. The van der Waals surface area contributed by atoms with Crippen molar-refractivity contribution in [2.75, 3.05) is 85.3 Å². The summed E-state index contributed by atoms with van der Waals surface area (Å²) in [7, 11) is 2.07. The molecule has 8 atom stereocenters. The van der Waals surface area contributed by atoms with Crippen molar-refractivity contribution >= 4 is 40.1 Å². The average Bonchev–Trinajstić information content (AvgIpc) is 0.793. The summed E-state index contributed by atoms with van der Waals surface area (Å²) < 4.78 is 236. The molecule has 0 radical (unpaired) electrons. The fourth-order valence-corrected chi connectivity index (χ4v) is 22.6.